The van der Waals surface area contributed by atoms with E-state index in [4.69, 9.17) is 28.4 Å². The average Bonchev–Trinajstić information content (AvgIpc) is 3.01. The molecule has 6 nitrogen and oxygen atoms in total. The highest BCUT2D eigenvalue weighted by Crippen LogP contribution is 2.36. The number of hydrogen-bond acceptors (Lipinski definition) is 6. The van der Waals surface area contributed by atoms with Crippen molar-refractivity contribution >= 4 is 15.9 Å². The monoisotopic (exact) mass is 616 g/mol. The van der Waals surface area contributed by atoms with Crippen LogP contribution in [0, 0.1) is 0 Å². The van der Waals surface area contributed by atoms with Crippen LogP contribution in [0.2, 0.25) is 0 Å². The molecule has 0 aromatic heterocycles. The minimum atomic E-state index is -0.853. The first-order valence-electron chi connectivity index (χ1n) is 13.4. The van der Waals surface area contributed by atoms with Crippen molar-refractivity contribution in [2.75, 3.05) is 7.11 Å². The number of halogens is 1. The average molecular weight is 618 g/mol. The third kappa shape index (κ3) is 7.77. The SMILES string of the molecule is C=C1O[C@H](Oc2ccc(OC)cc2Br)[C@H](OCc2ccccc2)[C@@H](OCc2ccccc2)[C@@H]1OCc1ccccc1. The summed E-state index contributed by atoms with van der Waals surface area (Å²) in [4.78, 5) is 0. The van der Waals surface area contributed by atoms with Gasteiger partial charge in [-0.1, -0.05) is 97.6 Å². The summed E-state index contributed by atoms with van der Waals surface area (Å²) in [5, 5.41) is 0. The van der Waals surface area contributed by atoms with E-state index in [9.17, 15) is 0 Å². The van der Waals surface area contributed by atoms with Gasteiger partial charge < -0.3 is 28.4 Å². The maximum Gasteiger partial charge on any atom is 0.269 e. The molecule has 0 aliphatic carbocycles. The Morgan fingerprint density at radius 1 is 0.683 bits per heavy atom. The van der Waals surface area contributed by atoms with Gasteiger partial charge in [0, 0.05) is 0 Å². The molecule has 4 aromatic carbocycles. The molecule has 0 N–H and O–H groups in total. The number of methoxy groups -OCH3 is 1. The van der Waals surface area contributed by atoms with Crippen molar-refractivity contribution in [3.63, 3.8) is 0 Å². The molecule has 1 fully saturated rings. The van der Waals surface area contributed by atoms with Crippen molar-refractivity contribution in [3.05, 3.63) is 143 Å². The van der Waals surface area contributed by atoms with Crippen LogP contribution in [0.4, 0.5) is 0 Å². The lowest BCUT2D eigenvalue weighted by molar-refractivity contribution is -0.254. The van der Waals surface area contributed by atoms with Gasteiger partial charge in [-0.2, -0.15) is 0 Å². The van der Waals surface area contributed by atoms with E-state index in [0.717, 1.165) is 21.2 Å². The largest absolute Gasteiger partial charge is 0.497 e. The number of rotatable bonds is 12. The zero-order chi connectivity index (χ0) is 28.4. The van der Waals surface area contributed by atoms with Crippen LogP contribution in [0.25, 0.3) is 0 Å². The fourth-order valence-corrected chi connectivity index (χ4v) is 5.00. The minimum absolute atomic E-state index is 0.335. The van der Waals surface area contributed by atoms with Crippen molar-refractivity contribution in [2.24, 2.45) is 0 Å². The standard InChI is InChI=1S/C34H33BrO6/c1-24-31(37-21-25-12-6-3-7-13-25)32(38-22-26-14-8-4-9-15-26)33(39-23-27-16-10-5-11-17-27)34(40-24)41-30-19-18-28(36-2)20-29(30)35/h3-20,31-34H,1,21-23H2,2H3/t31-,32+,33-,34-/m1/s1. The van der Waals surface area contributed by atoms with Crippen LogP contribution in [0.15, 0.2) is 126 Å². The van der Waals surface area contributed by atoms with E-state index in [0.29, 0.717) is 37.1 Å². The quantitative estimate of drug-likeness (QED) is 0.165. The Balaban J connectivity index is 1.44. The lowest BCUT2D eigenvalue weighted by atomic mass is 10.0. The van der Waals surface area contributed by atoms with Gasteiger partial charge >= 0.3 is 0 Å². The molecule has 1 aliphatic heterocycles. The van der Waals surface area contributed by atoms with E-state index < -0.39 is 24.6 Å². The first-order chi connectivity index (χ1) is 20.1. The zero-order valence-corrected chi connectivity index (χ0v) is 24.4. The predicted octanol–water partition coefficient (Wildman–Crippen LogP) is 7.46. The summed E-state index contributed by atoms with van der Waals surface area (Å²) in [5.74, 6) is 1.68. The summed E-state index contributed by atoms with van der Waals surface area (Å²) in [6, 6.07) is 35.4. The van der Waals surface area contributed by atoms with Gasteiger partial charge in [-0.3, -0.25) is 0 Å². The van der Waals surface area contributed by atoms with Crippen LogP contribution in [0.5, 0.6) is 11.5 Å². The fourth-order valence-electron chi connectivity index (χ4n) is 4.55. The summed E-state index contributed by atoms with van der Waals surface area (Å²) >= 11 is 3.58. The maximum atomic E-state index is 6.57. The molecule has 1 saturated heterocycles. The highest BCUT2D eigenvalue weighted by Gasteiger charge is 2.47. The van der Waals surface area contributed by atoms with Crippen molar-refractivity contribution in [3.8, 4) is 11.5 Å². The summed E-state index contributed by atoms with van der Waals surface area (Å²) in [5.41, 5.74) is 3.08. The topological polar surface area (TPSA) is 55.4 Å². The van der Waals surface area contributed by atoms with Gasteiger partial charge in [0.25, 0.3) is 6.29 Å². The van der Waals surface area contributed by atoms with Gasteiger partial charge in [-0.15, -0.1) is 0 Å². The molecule has 4 atom stereocenters. The number of hydrogen-bond donors (Lipinski definition) is 0. The Morgan fingerprint density at radius 2 is 1.20 bits per heavy atom. The molecule has 0 spiro atoms. The van der Waals surface area contributed by atoms with Gasteiger partial charge in [0.05, 0.1) is 31.4 Å². The maximum absolute atomic E-state index is 6.57. The van der Waals surface area contributed by atoms with E-state index in [1.807, 2.05) is 109 Å². The van der Waals surface area contributed by atoms with Gasteiger partial charge in [0.1, 0.15) is 29.5 Å². The molecule has 7 heteroatoms. The number of benzene rings is 4. The molecule has 0 unspecified atom stereocenters. The lowest BCUT2D eigenvalue weighted by Gasteiger charge is -2.42. The van der Waals surface area contributed by atoms with Crippen LogP contribution < -0.4 is 9.47 Å². The molecule has 0 bridgehead atoms. The molecule has 5 rings (SSSR count). The highest BCUT2D eigenvalue weighted by atomic mass is 79.9. The molecular formula is C34H33BrO6. The molecule has 1 heterocycles. The van der Waals surface area contributed by atoms with Gasteiger partial charge in [-0.25, -0.2) is 0 Å². The second-order valence-electron chi connectivity index (χ2n) is 9.61. The van der Waals surface area contributed by atoms with Gasteiger partial charge in [0.15, 0.2) is 6.10 Å². The highest BCUT2D eigenvalue weighted by molar-refractivity contribution is 9.10. The van der Waals surface area contributed by atoms with Crippen molar-refractivity contribution in [1.82, 2.24) is 0 Å². The summed E-state index contributed by atoms with van der Waals surface area (Å²) in [7, 11) is 1.62. The Kier molecular flexibility index (Phi) is 10.1. The first-order valence-corrected chi connectivity index (χ1v) is 14.2. The van der Waals surface area contributed by atoms with Crippen LogP contribution in [-0.2, 0) is 38.8 Å². The molecule has 0 radical (unpaired) electrons. The Morgan fingerprint density at radius 3 is 1.71 bits per heavy atom. The van der Waals surface area contributed by atoms with Crippen molar-refractivity contribution < 1.29 is 28.4 Å². The molecule has 1 aliphatic rings. The van der Waals surface area contributed by atoms with Crippen molar-refractivity contribution in [1.29, 1.82) is 0 Å². The van der Waals surface area contributed by atoms with Crippen LogP contribution in [0.3, 0.4) is 0 Å². The third-order valence-corrected chi connectivity index (χ3v) is 7.32. The predicted molar refractivity (Wildman–Crippen MR) is 160 cm³/mol. The smallest absolute Gasteiger partial charge is 0.269 e. The molecular weight excluding hydrogens is 584 g/mol. The fraction of sp³-hybridized carbons (Fsp3) is 0.235. The molecule has 212 valence electrons. The molecule has 4 aromatic rings. The first kappa shape index (κ1) is 28.9. The second-order valence-corrected chi connectivity index (χ2v) is 10.5. The minimum Gasteiger partial charge on any atom is -0.497 e. The Labute approximate surface area is 249 Å². The number of ether oxygens (including phenoxy) is 6. The lowest BCUT2D eigenvalue weighted by Crippen LogP contribution is -2.56. The van der Waals surface area contributed by atoms with Crippen LogP contribution >= 0.6 is 15.9 Å². The van der Waals surface area contributed by atoms with E-state index in [2.05, 4.69) is 22.5 Å². The Bertz CT molecular complexity index is 1380. The summed E-state index contributed by atoms with van der Waals surface area (Å²) < 4.78 is 38.3. The normalized spacial score (nSPS) is 20.3. The summed E-state index contributed by atoms with van der Waals surface area (Å²) in [6.07, 6.45) is -2.68. The van der Waals surface area contributed by atoms with E-state index >= 15 is 0 Å². The van der Waals surface area contributed by atoms with E-state index in [-0.39, 0.29) is 0 Å². The molecule has 41 heavy (non-hydrogen) atoms. The van der Waals surface area contributed by atoms with Gasteiger partial charge in [-0.05, 0) is 50.8 Å². The van der Waals surface area contributed by atoms with Crippen molar-refractivity contribution in [2.45, 2.75) is 44.4 Å². The van der Waals surface area contributed by atoms with Crippen LogP contribution in [-0.4, -0.2) is 31.7 Å². The molecule has 0 saturated carbocycles. The third-order valence-electron chi connectivity index (χ3n) is 6.70. The van der Waals surface area contributed by atoms with E-state index in [1.165, 1.54) is 0 Å². The zero-order valence-electron chi connectivity index (χ0n) is 22.9. The van der Waals surface area contributed by atoms with Crippen LogP contribution in [0.1, 0.15) is 16.7 Å². The van der Waals surface area contributed by atoms with E-state index in [1.54, 1.807) is 7.11 Å². The molecule has 0 amide bonds. The Hall–Kier alpha value is -3.62. The second kappa shape index (κ2) is 14.3. The summed E-state index contributed by atoms with van der Waals surface area (Å²) in [6.45, 7) is 5.26. The van der Waals surface area contributed by atoms with Gasteiger partial charge in [0.2, 0.25) is 0 Å².